The van der Waals surface area contributed by atoms with Gasteiger partial charge in [-0.3, -0.25) is 9.10 Å². The van der Waals surface area contributed by atoms with Gasteiger partial charge in [0, 0.05) is 28.0 Å². The highest BCUT2D eigenvalue weighted by molar-refractivity contribution is 9.10. The van der Waals surface area contributed by atoms with Gasteiger partial charge in [0.25, 0.3) is 15.9 Å². The molecular formula is C22H16BrN3O5S. The number of aromatic amines is 1. The molecule has 1 amide bonds. The first-order chi connectivity index (χ1) is 15.2. The van der Waals surface area contributed by atoms with Crippen LogP contribution in [-0.4, -0.2) is 36.9 Å². The number of nitrogens with zero attached hydrogens (tertiary/aromatic N) is 1. The van der Waals surface area contributed by atoms with E-state index in [-0.39, 0.29) is 16.2 Å². The van der Waals surface area contributed by atoms with Crippen molar-refractivity contribution in [3.8, 4) is 0 Å². The lowest BCUT2D eigenvalue weighted by molar-refractivity contribution is -0.110. The van der Waals surface area contributed by atoms with Gasteiger partial charge in [0.05, 0.1) is 16.2 Å². The van der Waals surface area contributed by atoms with E-state index in [4.69, 9.17) is 5.11 Å². The zero-order valence-corrected chi connectivity index (χ0v) is 18.8. The van der Waals surface area contributed by atoms with Crippen LogP contribution in [-0.2, 0) is 21.2 Å². The molecule has 0 spiro atoms. The van der Waals surface area contributed by atoms with Crippen molar-refractivity contribution in [3.63, 3.8) is 0 Å². The van der Waals surface area contributed by atoms with Gasteiger partial charge in [0.2, 0.25) is 0 Å². The molecule has 0 fully saturated rings. The zero-order valence-electron chi connectivity index (χ0n) is 16.4. The zero-order chi connectivity index (χ0) is 22.6. The fourth-order valence-corrected chi connectivity index (χ4v) is 5.90. The predicted octanol–water partition coefficient (Wildman–Crippen LogP) is 3.72. The highest BCUT2D eigenvalue weighted by Crippen LogP contribution is 2.38. The molecule has 0 radical (unpaired) electrons. The lowest BCUT2D eigenvalue weighted by Crippen LogP contribution is -2.29. The topological polar surface area (TPSA) is 120 Å². The van der Waals surface area contributed by atoms with Crippen molar-refractivity contribution in [2.45, 2.75) is 11.3 Å². The van der Waals surface area contributed by atoms with E-state index in [0.29, 0.717) is 35.6 Å². The number of anilines is 2. The summed E-state index contributed by atoms with van der Waals surface area (Å²) >= 11 is 3.41. The van der Waals surface area contributed by atoms with E-state index in [0.717, 1.165) is 10.0 Å². The SMILES string of the molecule is O=C1Nc2ccc(S(=O)(=O)N3CCc4cc(Br)ccc43)cc2C1=Cc1ccc(C(=O)O)[nH]1. The highest BCUT2D eigenvalue weighted by atomic mass is 79.9. The van der Waals surface area contributed by atoms with E-state index in [1.807, 2.05) is 6.07 Å². The number of carboxylic acid groups (broad SMARTS) is 1. The molecule has 10 heteroatoms. The first-order valence-corrected chi connectivity index (χ1v) is 11.9. The average Bonchev–Trinajstić information content (AvgIpc) is 3.45. The number of aromatic nitrogens is 1. The fourth-order valence-electron chi connectivity index (χ4n) is 3.96. The number of halogens is 1. The van der Waals surface area contributed by atoms with E-state index >= 15 is 0 Å². The molecule has 2 aliphatic heterocycles. The van der Waals surface area contributed by atoms with E-state index in [1.165, 1.54) is 28.6 Å². The molecule has 2 aromatic carbocycles. The molecule has 0 saturated carbocycles. The molecule has 2 aliphatic rings. The smallest absolute Gasteiger partial charge is 0.352 e. The predicted molar refractivity (Wildman–Crippen MR) is 123 cm³/mol. The van der Waals surface area contributed by atoms with Crippen LogP contribution in [0, 0.1) is 0 Å². The second-order valence-electron chi connectivity index (χ2n) is 7.45. The average molecular weight is 514 g/mol. The van der Waals surface area contributed by atoms with Gasteiger partial charge in [-0.15, -0.1) is 0 Å². The Labute approximate surface area is 191 Å². The number of carbonyl (C=O) groups excluding carboxylic acids is 1. The van der Waals surface area contributed by atoms with Crippen molar-refractivity contribution < 1.29 is 23.1 Å². The molecule has 5 rings (SSSR count). The summed E-state index contributed by atoms with van der Waals surface area (Å²) in [4.78, 5) is 26.4. The van der Waals surface area contributed by atoms with Gasteiger partial charge in [-0.2, -0.15) is 0 Å². The van der Waals surface area contributed by atoms with Crippen LogP contribution in [0.4, 0.5) is 11.4 Å². The number of benzene rings is 2. The van der Waals surface area contributed by atoms with E-state index in [2.05, 4.69) is 26.2 Å². The normalized spacial score (nSPS) is 16.2. The molecule has 0 aliphatic carbocycles. The second-order valence-corrected chi connectivity index (χ2v) is 10.2. The molecule has 1 aromatic heterocycles. The van der Waals surface area contributed by atoms with E-state index < -0.39 is 21.9 Å². The van der Waals surface area contributed by atoms with E-state index in [1.54, 1.807) is 24.3 Å². The molecule has 3 aromatic rings. The largest absolute Gasteiger partial charge is 0.477 e. The summed E-state index contributed by atoms with van der Waals surface area (Å²) in [6.07, 6.45) is 2.12. The van der Waals surface area contributed by atoms with Gasteiger partial charge in [-0.05, 0) is 66.6 Å². The Morgan fingerprint density at radius 1 is 1.12 bits per heavy atom. The summed E-state index contributed by atoms with van der Waals surface area (Å²) in [7, 11) is -3.84. The first kappa shape index (κ1) is 20.5. The maximum atomic E-state index is 13.4. The number of hydrogen-bond donors (Lipinski definition) is 3. The Balaban J connectivity index is 1.55. The summed E-state index contributed by atoms with van der Waals surface area (Å²) in [6.45, 7) is 0.339. The summed E-state index contributed by atoms with van der Waals surface area (Å²) in [5.74, 6) is -1.50. The Hall–Kier alpha value is -3.37. The number of carbonyl (C=O) groups is 2. The van der Waals surface area contributed by atoms with Crippen LogP contribution in [0.2, 0.25) is 0 Å². The van der Waals surface area contributed by atoms with Crippen molar-refractivity contribution in [2.75, 3.05) is 16.2 Å². The molecule has 32 heavy (non-hydrogen) atoms. The van der Waals surface area contributed by atoms with Crippen LogP contribution in [0.25, 0.3) is 11.6 Å². The monoisotopic (exact) mass is 513 g/mol. The summed E-state index contributed by atoms with van der Waals surface area (Å²) < 4.78 is 29.1. The molecule has 3 N–H and O–H groups in total. The minimum Gasteiger partial charge on any atom is -0.477 e. The molecule has 0 bridgehead atoms. The van der Waals surface area contributed by atoms with Crippen molar-refractivity contribution in [2.24, 2.45) is 0 Å². The maximum Gasteiger partial charge on any atom is 0.352 e. The first-order valence-electron chi connectivity index (χ1n) is 9.65. The summed E-state index contributed by atoms with van der Waals surface area (Å²) in [6, 6.07) is 13.0. The third-order valence-electron chi connectivity index (χ3n) is 5.50. The number of aromatic carboxylic acids is 1. The molecule has 162 valence electrons. The summed E-state index contributed by atoms with van der Waals surface area (Å²) in [5, 5.41) is 11.8. The van der Waals surface area contributed by atoms with Gasteiger partial charge in [-0.1, -0.05) is 15.9 Å². The van der Waals surface area contributed by atoms with Crippen molar-refractivity contribution in [1.82, 2.24) is 4.98 Å². The van der Waals surface area contributed by atoms with Gasteiger partial charge in [-0.25, -0.2) is 13.2 Å². The van der Waals surface area contributed by atoms with Crippen LogP contribution < -0.4 is 9.62 Å². The molecule has 0 saturated heterocycles. The standard InChI is InChI=1S/C22H16BrN3O5S/c23-13-1-6-20-12(9-13)7-8-26(20)32(30,31)15-3-5-18-16(11-15)17(21(27)25-18)10-14-2-4-19(24-14)22(28)29/h1-6,9-11,24H,7-8H2,(H,25,27)(H,28,29). The van der Waals surface area contributed by atoms with Crippen LogP contribution >= 0.6 is 15.9 Å². The number of amides is 1. The van der Waals surface area contributed by atoms with Crippen LogP contribution in [0.1, 0.15) is 27.3 Å². The third-order valence-corrected chi connectivity index (χ3v) is 7.80. The number of sulfonamides is 1. The fraction of sp³-hybridized carbons (Fsp3) is 0.0909. The quantitative estimate of drug-likeness (QED) is 0.459. The lowest BCUT2D eigenvalue weighted by atomic mass is 10.1. The lowest BCUT2D eigenvalue weighted by Gasteiger charge is -2.20. The van der Waals surface area contributed by atoms with Gasteiger partial charge in [0.1, 0.15) is 5.69 Å². The van der Waals surface area contributed by atoms with Crippen molar-refractivity contribution in [3.05, 3.63) is 75.5 Å². The number of nitrogens with one attached hydrogen (secondary N) is 2. The minimum absolute atomic E-state index is 0.00820. The molecule has 0 unspecified atom stereocenters. The van der Waals surface area contributed by atoms with Gasteiger partial charge >= 0.3 is 5.97 Å². The van der Waals surface area contributed by atoms with Crippen LogP contribution in [0.15, 0.2) is 57.9 Å². The minimum atomic E-state index is -3.84. The molecule has 8 nitrogen and oxygen atoms in total. The number of fused-ring (bicyclic) bond motifs is 2. The van der Waals surface area contributed by atoms with Gasteiger partial charge < -0.3 is 15.4 Å². The van der Waals surface area contributed by atoms with Crippen LogP contribution in [0.3, 0.4) is 0 Å². The van der Waals surface area contributed by atoms with Crippen molar-refractivity contribution >= 4 is 60.9 Å². The molecular weight excluding hydrogens is 498 g/mol. The number of carboxylic acids is 1. The Kier molecular flexibility index (Phi) is 4.72. The number of hydrogen-bond acceptors (Lipinski definition) is 4. The highest BCUT2D eigenvalue weighted by Gasteiger charge is 2.33. The molecule has 0 atom stereocenters. The van der Waals surface area contributed by atoms with E-state index in [9.17, 15) is 18.0 Å². The number of rotatable bonds is 4. The summed E-state index contributed by atoms with van der Waals surface area (Å²) in [5.41, 5.74) is 3.20. The second kappa shape index (κ2) is 7.35. The third kappa shape index (κ3) is 3.32. The Morgan fingerprint density at radius 3 is 2.69 bits per heavy atom. The van der Waals surface area contributed by atoms with Crippen molar-refractivity contribution in [1.29, 1.82) is 0 Å². The maximum absolute atomic E-state index is 13.4. The molecule has 3 heterocycles. The Morgan fingerprint density at radius 2 is 1.94 bits per heavy atom. The van der Waals surface area contributed by atoms with Crippen LogP contribution in [0.5, 0.6) is 0 Å². The Bertz CT molecular complexity index is 1440. The number of H-pyrrole nitrogens is 1. The van der Waals surface area contributed by atoms with Gasteiger partial charge in [0.15, 0.2) is 0 Å².